The molecule has 0 aliphatic carbocycles. The van der Waals surface area contributed by atoms with Gasteiger partial charge in [0.25, 0.3) is 11.5 Å². The Morgan fingerprint density at radius 1 is 1.07 bits per heavy atom. The molecule has 1 atom stereocenters. The normalized spacial score (nSPS) is 11.7. The summed E-state index contributed by atoms with van der Waals surface area (Å²) < 4.78 is 6.06. The maximum atomic E-state index is 12.5. The van der Waals surface area contributed by atoms with Crippen molar-refractivity contribution in [1.29, 1.82) is 0 Å². The third kappa shape index (κ3) is 5.38. The molecule has 2 aromatic carbocycles. The minimum atomic E-state index is -0.153. The van der Waals surface area contributed by atoms with Gasteiger partial charge in [0.05, 0.1) is 0 Å². The van der Waals surface area contributed by atoms with Crippen molar-refractivity contribution in [3.8, 4) is 5.75 Å². The van der Waals surface area contributed by atoms with Crippen LogP contribution >= 0.6 is 0 Å². The summed E-state index contributed by atoms with van der Waals surface area (Å²) in [5, 5.41) is 2.90. The lowest BCUT2D eigenvalue weighted by atomic mass is 10.0. The Morgan fingerprint density at radius 3 is 2.40 bits per heavy atom. The number of nitrogens with one attached hydrogen (secondary N) is 2. The number of hydrogen-bond donors (Lipinski definition) is 2. The molecule has 1 unspecified atom stereocenters. The zero-order valence-electron chi connectivity index (χ0n) is 17.7. The number of carbonyl (C=O) groups excluding carboxylic acids is 1. The number of carbonyl (C=O) groups is 1. The summed E-state index contributed by atoms with van der Waals surface area (Å²) in [6, 6.07) is 19.1. The van der Waals surface area contributed by atoms with Crippen LogP contribution in [-0.2, 0) is 6.42 Å². The molecule has 5 heteroatoms. The molecule has 2 N–H and O–H groups in total. The summed E-state index contributed by atoms with van der Waals surface area (Å²) in [4.78, 5) is 27.4. The monoisotopic (exact) mass is 404 g/mol. The van der Waals surface area contributed by atoms with Crippen LogP contribution in [0.2, 0.25) is 0 Å². The molecular formula is C25H28N2O3. The number of aryl methyl sites for hydroxylation is 2. The summed E-state index contributed by atoms with van der Waals surface area (Å²) in [5.74, 6) is 0.673. The fourth-order valence-corrected chi connectivity index (χ4v) is 3.49. The number of rotatable bonds is 8. The molecular weight excluding hydrogens is 376 g/mol. The molecule has 0 fully saturated rings. The number of ether oxygens (including phenoxy) is 1. The van der Waals surface area contributed by atoms with Gasteiger partial charge in [0.15, 0.2) is 0 Å². The second-order valence-corrected chi connectivity index (χ2v) is 7.40. The van der Waals surface area contributed by atoms with Gasteiger partial charge in [-0.05, 0) is 68.1 Å². The number of aromatic nitrogens is 1. The molecule has 3 aromatic rings. The Hall–Kier alpha value is -3.34. The fourth-order valence-electron chi connectivity index (χ4n) is 3.49. The molecule has 1 aromatic heterocycles. The van der Waals surface area contributed by atoms with Gasteiger partial charge < -0.3 is 15.0 Å². The quantitative estimate of drug-likeness (QED) is 0.581. The highest BCUT2D eigenvalue weighted by molar-refractivity contribution is 5.94. The maximum absolute atomic E-state index is 12.5. The van der Waals surface area contributed by atoms with Gasteiger partial charge in [0.2, 0.25) is 0 Å². The van der Waals surface area contributed by atoms with Gasteiger partial charge in [-0.15, -0.1) is 0 Å². The SMILES string of the molecule is CCC(Oc1ccccc1)c1ccc(C(=O)NCCc2c(C)cc(C)[nH]c2=O)cc1. The first-order valence-electron chi connectivity index (χ1n) is 10.3. The van der Waals surface area contributed by atoms with Crippen LogP contribution < -0.4 is 15.6 Å². The average molecular weight is 405 g/mol. The van der Waals surface area contributed by atoms with Crippen LogP contribution in [0.4, 0.5) is 0 Å². The Labute approximate surface area is 177 Å². The van der Waals surface area contributed by atoms with Gasteiger partial charge in [-0.3, -0.25) is 9.59 Å². The molecule has 0 bridgehead atoms. The van der Waals surface area contributed by atoms with Crippen molar-refractivity contribution in [2.75, 3.05) is 6.54 Å². The highest BCUT2D eigenvalue weighted by Gasteiger charge is 2.13. The van der Waals surface area contributed by atoms with E-state index >= 15 is 0 Å². The van der Waals surface area contributed by atoms with E-state index in [2.05, 4.69) is 17.2 Å². The highest BCUT2D eigenvalue weighted by Crippen LogP contribution is 2.24. The number of para-hydroxylation sites is 1. The van der Waals surface area contributed by atoms with Crippen LogP contribution in [0.3, 0.4) is 0 Å². The van der Waals surface area contributed by atoms with E-state index in [-0.39, 0.29) is 17.6 Å². The minimum Gasteiger partial charge on any atom is -0.486 e. The van der Waals surface area contributed by atoms with Crippen LogP contribution in [0.1, 0.15) is 52.2 Å². The predicted octanol–water partition coefficient (Wildman–Crippen LogP) is 4.49. The third-order valence-corrected chi connectivity index (χ3v) is 5.09. The largest absolute Gasteiger partial charge is 0.486 e. The van der Waals surface area contributed by atoms with Gasteiger partial charge in [-0.25, -0.2) is 0 Å². The van der Waals surface area contributed by atoms with Crippen molar-refractivity contribution >= 4 is 5.91 Å². The van der Waals surface area contributed by atoms with Crippen molar-refractivity contribution in [1.82, 2.24) is 10.3 Å². The summed E-state index contributed by atoms with van der Waals surface area (Å²) in [7, 11) is 0. The lowest BCUT2D eigenvalue weighted by molar-refractivity contribution is 0.0954. The van der Waals surface area contributed by atoms with E-state index in [4.69, 9.17) is 4.74 Å². The average Bonchev–Trinajstić information content (AvgIpc) is 2.74. The molecule has 0 spiro atoms. The fraction of sp³-hybridized carbons (Fsp3) is 0.280. The number of pyridine rings is 1. The van der Waals surface area contributed by atoms with Crippen molar-refractivity contribution in [3.05, 3.63) is 99.0 Å². The molecule has 0 aliphatic rings. The van der Waals surface area contributed by atoms with Gasteiger partial charge in [0, 0.05) is 23.4 Å². The van der Waals surface area contributed by atoms with Crippen LogP contribution in [0.15, 0.2) is 65.5 Å². The Kier molecular flexibility index (Phi) is 7.07. The van der Waals surface area contributed by atoms with E-state index in [1.807, 2.05) is 74.5 Å². The minimum absolute atomic E-state index is 0.0688. The third-order valence-electron chi connectivity index (χ3n) is 5.09. The zero-order chi connectivity index (χ0) is 21.5. The first-order valence-corrected chi connectivity index (χ1v) is 10.3. The number of amides is 1. The van der Waals surface area contributed by atoms with Gasteiger partial charge in [-0.2, -0.15) is 0 Å². The molecule has 0 saturated heterocycles. The summed E-state index contributed by atoms with van der Waals surface area (Å²) >= 11 is 0. The number of aromatic amines is 1. The summed E-state index contributed by atoms with van der Waals surface area (Å²) in [6.07, 6.45) is 1.25. The molecule has 0 saturated carbocycles. The number of hydrogen-bond acceptors (Lipinski definition) is 3. The molecule has 5 nitrogen and oxygen atoms in total. The second kappa shape index (κ2) is 9.92. The van der Waals surface area contributed by atoms with Gasteiger partial charge >= 0.3 is 0 Å². The lowest BCUT2D eigenvalue weighted by Crippen LogP contribution is -2.28. The predicted molar refractivity (Wildman–Crippen MR) is 119 cm³/mol. The van der Waals surface area contributed by atoms with E-state index in [1.165, 1.54) is 0 Å². The molecule has 0 aliphatic heterocycles. The zero-order valence-corrected chi connectivity index (χ0v) is 17.7. The molecule has 1 amide bonds. The first kappa shape index (κ1) is 21.4. The van der Waals surface area contributed by atoms with E-state index in [1.54, 1.807) is 0 Å². The van der Waals surface area contributed by atoms with Gasteiger partial charge in [-0.1, -0.05) is 37.3 Å². The second-order valence-electron chi connectivity index (χ2n) is 7.40. The lowest BCUT2D eigenvalue weighted by Gasteiger charge is -2.18. The van der Waals surface area contributed by atoms with Crippen molar-refractivity contribution in [3.63, 3.8) is 0 Å². The molecule has 0 radical (unpaired) electrons. The van der Waals surface area contributed by atoms with Crippen molar-refractivity contribution < 1.29 is 9.53 Å². The summed E-state index contributed by atoms with van der Waals surface area (Å²) in [5.41, 5.74) is 4.02. The van der Waals surface area contributed by atoms with E-state index in [0.717, 1.165) is 29.0 Å². The topological polar surface area (TPSA) is 71.2 Å². The number of H-pyrrole nitrogens is 1. The molecule has 30 heavy (non-hydrogen) atoms. The van der Waals surface area contributed by atoms with E-state index < -0.39 is 0 Å². The van der Waals surface area contributed by atoms with Crippen molar-refractivity contribution in [2.24, 2.45) is 0 Å². The van der Waals surface area contributed by atoms with E-state index in [9.17, 15) is 9.59 Å². The van der Waals surface area contributed by atoms with Crippen LogP contribution in [-0.4, -0.2) is 17.4 Å². The maximum Gasteiger partial charge on any atom is 0.251 e. The Morgan fingerprint density at radius 2 is 1.77 bits per heavy atom. The number of benzene rings is 2. The summed E-state index contributed by atoms with van der Waals surface area (Å²) in [6.45, 7) is 6.25. The standard InChI is InChI=1S/C25H28N2O3/c1-4-23(30-21-8-6-5-7-9-21)19-10-12-20(13-11-19)24(28)26-15-14-22-17(2)16-18(3)27-25(22)29/h5-13,16,23H,4,14-15H2,1-3H3,(H,26,28)(H,27,29). The van der Waals surface area contributed by atoms with Crippen molar-refractivity contribution in [2.45, 2.75) is 39.7 Å². The molecule has 156 valence electrons. The molecule has 1 heterocycles. The highest BCUT2D eigenvalue weighted by atomic mass is 16.5. The van der Waals surface area contributed by atoms with Crippen LogP contribution in [0.25, 0.3) is 0 Å². The van der Waals surface area contributed by atoms with Gasteiger partial charge in [0.1, 0.15) is 11.9 Å². The van der Waals surface area contributed by atoms with Crippen LogP contribution in [0, 0.1) is 13.8 Å². The molecule has 3 rings (SSSR count). The van der Waals surface area contributed by atoms with E-state index in [0.29, 0.717) is 24.1 Å². The van der Waals surface area contributed by atoms with Crippen LogP contribution in [0.5, 0.6) is 5.75 Å². The smallest absolute Gasteiger partial charge is 0.251 e. The Balaban J connectivity index is 1.59. The Bertz CT molecular complexity index is 1040. The first-order chi connectivity index (χ1) is 14.5.